The van der Waals surface area contributed by atoms with E-state index in [0.717, 1.165) is 11.3 Å². The third-order valence-corrected chi connectivity index (χ3v) is 3.56. The quantitative estimate of drug-likeness (QED) is 0.684. The number of halogens is 4. The molecule has 0 radical (unpaired) electrons. The van der Waals surface area contributed by atoms with Crippen LogP contribution in [-0.2, 0) is 7.05 Å². The predicted octanol–water partition coefficient (Wildman–Crippen LogP) is 3.77. The van der Waals surface area contributed by atoms with Crippen LogP contribution in [0.4, 0.5) is 13.2 Å². The lowest BCUT2D eigenvalue weighted by Gasteiger charge is -2.09. The average Bonchev–Trinajstić information content (AvgIpc) is 3.08. The van der Waals surface area contributed by atoms with E-state index in [-0.39, 0.29) is 5.69 Å². The molecule has 3 rings (SSSR count). The normalized spacial score (nSPS) is 12.1. The van der Waals surface area contributed by atoms with Gasteiger partial charge in [-0.25, -0.2) is 18.3 Å². The maximum Gasteiger partial charge on any atom is 0.170 e. The Balaban J connectivity index is 0.000000924. The van der Waals surface area contributed by atoms with Crippen LogP contribution >= 0.6 is 15.9 Å². The number of hydrogen-bond donors (Lipinski definition) is 0. The van der Waals surface area contributed by atoms with Crippen molar-refractivity contribution in [2.75, 3.05) is 13.9 Å². The molecule has 0 spiro atoms. The lowest BCUT2D eigenvalue weighted by atomic mass is 10.1. The molecule has 1 atom stereocenters. The van der Waals surface area contributed by atoms with Gasteiger partial charge in [-0.1, -0.05) is 0 Å². The predicted molar refractivity (Wildman–Crippen MR) is 84.5 cm³/mol. The van der Waals surface area contributed by atoms with Gasteiger partial charge in [0.2, 0.25) is 0 Å². The Bertz CT molecular complexity index is 814. The van der Waals surface area contributed by atoms with Crippen molar-refractivity contribution in [2.24, 2.45) is 7.05 Å². The molecule has 3 aromatic rings. The molecule has 0 saturated heterocycles. The molecule has 0 amide bonds. The van der Waals surface area contributed by atoms with Gasteiger partial charge in [0.25, 0.3) is 0 Å². The lowest BCUT2D eigenvalue weighted by Crippen LogP contribution is -2.06. The summed E-state index contributed by atoms with van der Waals surface area (Å²) >= 11 is 3.22. The first-order valence-electron chi connectivity index (χ1n) is 6.64. The molecule has 0 aliphatic rings. The fourth-order valence-electron chi connectivity index (χ4n) is 2.26. The molecule has 1 unspecified atom stereocenters. The highest BCUT2D eigenvalue weighted by Crippen LogP contribution is 2.27. The third kappa shape index (κ3) is 3.39. The Morgan fingerprint density at radius 3 is 2.52 bits per heavy atom. The van der Waals surface area contributed by atoms with Gasteiger partial charge < -0.3 is 0 Å². The van der Waals surface area contributed by atoms with Crippen molar-refractivity contribution in [3.63, 3.8) is 0 Å². The lowest BCUT2D eigenvalue weighted by molar-refractivity contribution is 0.257. The van der Waals surface area contributed by atoms with Crippen molar-refractivity contribution in [1.82, 2.24) is 24.4 Å². The van der Waals surface area contributed by atoms with Gasteiger partial charge in [0, 0.05) is 24.9 Å². The second-order valence-electron chi connectivity index (χ2n) is 4.73. The van der Waals surface area contributed by atoms with Gasteiger partial charge in [-0.05, 0) is 28.9 Å². The summed E-state index contributed by atoms with van der Waals surface area (Å²) in [5.74, 6) is 0. The highest BCUT2D eigenvalue weighted by molar-refractivity contribution is 9.10. The van der Waals surface area contributed by atoms with Crippen LogP contribution in [0.25, 0.3) is 16.9 Å². The van der Waals surface area contributed by atoms with Gasteiger partial charge in [0.1, 0.15) is 11.3 Å². The molecule has 9 heteroatoms. The second-order valence-corrected chi connectivity index (χ2v) is 5.54. The maximum absolute atomic E-state index is 13.9. The molecule has 0 aromatic carbocycles. The zero-order chi connectivity index (χ0) is 17.1. The summed E-state index contributed by atoms with van der Waals surface area (Å²) in [6, 6.07) is 3.17. The van der Waals surface area contributed by atoms with Crippen molar-refractivity contribution in [3.05, 3.63) is 34.3 Å². The molecule has 23 heavy (non-hydrogen) atoms. The van der Waals surface area contributed by atoms with Crippen LogP contribution < -0.4 is 0 Å². The van der Waals surface area contributed by atoms with Crippen LogP contribution in [0.1, 0.15) is 17.6 Å². The number of alkyl halides is 3. The minimum atomic E-state index is -1.75. The zero-order valence-electron chi connectivity index (χ0n) is 12.8. The smallest absolute Gasteiger partial charge is 0.170 e. The molecule has 3 heterocycles. The third-order valence-electron chi connectivity index (χ3n) is 3.17. The molecule has 0 fully saturated rings. The first-order chi connectivity index (χ1) is 11.0. The Morgan fingerprint density at radius 2 is 1.96 bits per heavy atom. The molecule has 0 N–H and O–H groups in total. The van der Waals surface area contributed by atoms with E-state index in [1.807, 2.05) is 6.92 Å². The summed E-state index contributed by atoms with van der Waals surface area (Å²) in [5, 5.41) is 8.33. The molecular weight excluding hydrogens is 375 g/mol. The molecular formula is C14H15BrF3N5. The van der Waals surface area contributed by atoms with Crippen molar-refractivity contribution in [2.45, 2.75) is 13.1 Å². The SMILES string of the molecule is CF.Cc1nn(C)cc1-c1cc(C(F)CF)n2nc(Br)cc2n1. The standard InChI is InChI=1S/C13H12BrF2N5.CH3F/c1-7-8(6-20(2)18-7)10-3-11(9(16)5-15)21-13(17-10)4-12(14)19-21;1-2/h3-4,6,9H,5H2,1-2H3;1H3. The van der Waals surface area contributed by atoms with Gasteiger partial charge in [-0.15, -0.1) is 0 Å². The van der Waals surface area contributed by atoms with Crippen LogP contribution in [-0.4, -0.2) is 38.2 Å². The fraction of sp³-hybridized carbons (Fsp3) is 0.357. The highest BCUT2D eigenvalue weighted by Gasteiger charge is 2.19. The van der Waals surface area contributed by atoms with Gasteiger partial charge in [0.15, 0.2) is 11.8 Å². The average molecular weight is 390 g/mol. The van der Waals surface area contributed by atoms with Gasteiger partial charge in [-0.2, -0.15) is 10.2 Å². The van der Waals surface area contributed by atoms with E-state index in [2.05, 4.69) is 31.1 Å². The van der Waals surface area contributed by atoms with E-state index in [1.54, 1.807) is 24.0 Å². The summed E-state index contributed by atoms with van der Waals surface area (Å²) in [5.41, 5.74) is 2.69. The molecule has 0 aliphatic heterocycles. The van der Waals surface area contributed by atoms with E-state index in [0.29, 0.717) is 23.1 Å². The molecule has 0 bridgehead atoms. The number of fused-ring (bicyclic) bond motifs is 1. The summed E-state index contributed by atoms with van der Waals surface area (Å²) < 4.78 is 39.6. The molecule has 3 aromatic heterocycles. The van der Waals surface area contributed by atoms with E-state index in [4.69, 9.17) is 0 Å². The minimum absolute atomic E-state index is 0.131. The number of aromatic nitrogens is 5. The molecule has 0 aliphatic carbocycles. The van der Waals surface area contributed by atoms with Gasteiger partial charge in [-0.3, -0.25) is 9.07 Å². The number of nitrogens with zero attached hydrogens (tertiary/aromatic N) is 5. The summed E-state index contributed by atoms with van der Waals surface area (Å²) in [4.78, 5) is 4.45. The molecule has 0 saturated carbocycles. The Morgan fingerprint density at radius 1 is 1.26 bits per heavy atom. The Hall–Kier alpha value is -1.90. The minimum Gasteiger partial charge on any atom is -0.275 e. The van der Waals surface area contributed by atoms with Crippen molar-refractivity contribution >= 4 is 21.6 Å². The second kappa shape index (κ2) is 7.12. The van der Waals surface area contributed by atoms with Crippen LogP contribution in [0, 0.1) is 6.92 Å². The first-order valence-corrected chi connectivity index (χ1v) is 7.43. The largest absolute Gasteiger partial charge is 0.275 e. The summed E-state index contributed by atoms with van der Waals surface area (Å²) in [6.07, 6.45) is 0.0458. The maximum atomic E-state index is 13.9. The van der Waals surface area contributed by atoms with E-state index in [9.17, 15) is 13.2 Å². The monoisotopic (exact) mass is 389 g/mol. The van der Waals surface area contributed by atoms with Gasteiger partial charge >= 0.3 is 0 Å². The Kier molecular flexibility index (Phi) is 5.40. The van der Waals surface area contributed by atoms with Crippen LogP contribution in [0.5, 0.6) is 0 Å². The van der Waals surface area contributed by atoms with Crippen molar-refractivity contribution in [3.8, 4) is 11.3 Å². The molecule has 5 nitrogen and oxygen atoms in total. The number of rotatable bonds is 3. The topological polar surface area (TPSA) is 48.0 Å². The fourth-order valence-corrected chi connectivity index (χ4v) is 2.62. The first kappa shape index (κ1) is 17.5. The van der Waals surface area contributed by atoms with E-state index in [1.165, 1.54) is 10.6 Å². The zero-order valence-corrected chi connectivity index (χ0v) is 14.4. The summed E-state index contributed by atoms with van der Waals surface area (Å²) in [6.45, 7) is 0.733. The summed E-state index contributed by atoms with van der Waals surface area (Å²) in [7, 11) is 2.30. The highest BCUT2D eigenvalue weighted by atomic mass is 79.9. The van der Waals surface area contributed by atoms with Crippen LogP contribution in [0.2, 0.25) is 0 Å². The van der Waals surface area contributed by atoms with Crippen molar-refractivity contribution < 1.29 is 13.2 Å². The van der Waals surface area contributed by atoms with Gasteiger partial charge in [0.05, 0.1) is 24.3 Å². The Labute approximate surface area is 139 Å². The van der Waals surface area contributed by atoms with E-state index >= 15 is 0 Å². The van der Waals surface area contributed by atoms with E-state index < -0.39 is 12.8 Å². The molecule has 124 valence electrons. The number of hydrogen-bond acceptors (Lipinski definition) is 3. The van der Waals surface area contributed by atoms with Crippen LogP contribution in [0.3, 0.4) is 0 Å². The van der Waals surface area contributed by atoms with Crippen LogP contribution in [0.15, 0.2) is 22.9 Å². The van der Waals surface area contributed by atoms with Crippen molar-refractivity contribution in [1.29, 1.82) is 0 Å². The number of aryl methyl sites for hydroxylation is 2.